The fourth-order valence-electron chi connectivity index (χ4n) is 2.58. The Labute approximate surface area is 111 Å². The lowest BCUT2D eigenvalue weighted by molar-refractivity contribution is 0.303. The molecule has 0 spiro atoms. The van der Waals surface area contributed by atoms with E-state index < -0.39 is 0 Å². The molecule has 0 radical (unpaired) electrons. The lowest BCUT2D eigenvalue weighted by Crippen LogP contribution is -2.24. The van der Waals surface area contributed by atoms with E-state index >= 15 is 0 Å². The summed E-state index contributed by atoms with van der Waals surface area (Å²) in [6.07, 6.45) is 5.66. The third-order valence-electron chi connectivity index (χ3n) is 3.57. The van der Waals surface area contributed by atoms with Crippen LogP contribution in [-0.4, -0.2) is 0 Å². The van der Waals surface area contributed by atoms with E-state index in [-0.39, 0.29) is 16.9 Å². The van der Waals surface area contributed by atoms with Gasteiger partial charge in [-0.05, 0) is 30.9 Å². The fraction of sp³-hybridized carbons (Fsp3) is 0.538. The minimum Gasteiger partial charge on any atom is -0.324 e. The highest BCUT2D eigenvalue weighted by molar-refractivity contribution is 6.42. The van der Waals surface area contributed by atoms with Crippen LogP contribution in [0.5, 0.6) is 0 Å². The van der Waals surface area contributed by atoms with Crippen molar-refractivity contribution in [1.82, 2.24) is 0 Å². The maximum atomic E-state index is 13.8. The zero-order chi connectivity index (χ0) is 12.4. The maximum Gasteiger partial charge on any atom is 0.129 e. The Bertz CT molecular complexity index is 403. The summed E-state index contributed by atoms with van der Waals surface area (Å²) in [6.45, 7) is 0. The SMILES string of the molecule is N[C@@H](c1c(F)ccc(Cl)c1Cl)C1CCCCC1. The third-order valence-corrected chi connectivity index (χ3v) is 4.39. The number of hydrogen-bond acceptors (Lipinski definition) is 1. The van der Waals surface area contributed by atoms with Crippen molar-refractivity contribution < 1.29 is 4.39 Å². The first-order valence-electron chi connectivity index (χ1n) is 6.00. The molecule has 1 aromatic rings. The van der Waals surface area contributed by atoms with E-state index in [1.807, 2.05) is 0 Å². The molecule has 0 saturated heterocycles. The fourth-order valence-corrected chi connectivity index (χ4v) is 3.02. The first kappa shape index (κ1) is 13.1. The van der Waals surface area contributed by atoms with Crippen molar-refractivity contribution in [1.29, 1.82) is 0 Å². The molecule has 2 N–H and O–H groups in total. The van der Waals surface area contributed by atoms with Gasteiger partial charge in [-0.3, -0.25) is 0 Å². The second-order valence-corrected chi connectivity index (χ2v) is 5.47. The van der Waals surface area contributed by atoms with Crippen LogP contribution in [0.2, 0.25) is 10.0 Å². The zero-order valence-corrected chi connectivity index (χ0v) is 11.1. The lowest BCUT2D eigenvalue weighted by atomic mass is 9.81. The predicted molar refractivity (Wildman–Crippen MR) is 69.9 cm³/mol. The molecule has 1 fully saturated rings. The molecular weight excluding hydrogens is 260 g/mol. The number of rotatable bonds is 2. The van der Waals surface area contributed by atoms with E-state index in [1.54, 1.807) is 0 Å². The van der Waals surface area contributed by atoms with Crippen molar-refractivity contribution in [2.75, 3.05) is 0 Å². The van der Waals surface area contributed by atoms with Gasteiger partial charge < -0.3 is 5.73 Å². The first-order valence-corrected chi connectivity index (χ1v) is 6.76. The van der Waals surface area contributed by atoms with E-state index in [2.05, 4.69) is 0 Å². The summed E-state index contributed by atoms with van der Waals surface area (Å²) >= 11 is 12.0. The monoisotopic (exact) mass is 275 g/mol. The Kier molecular flexibility index (Phi) is 4.29. The highest BCUT2D eigenvalue weighted by atomic mass is 35.5. The lowest BCUT2D eigenvalue weighted by Gasteiger charge is -2.28. The van der Waals surface area contributed by atoms with Crippen LogP contribution in [0.3, 0.4) is 0 Å². The molecule has 0 heterocycles. The molecule has 17 heavy (non-hydrogen) atoms. The van der Waals surface area contributed by atoms with Gasteiger partial charge >= 0.3 is 0 Å². The van der Waals surface area contributed by atoms with Crippen LogP contribution in [-0.2, 0) is 0 Å². The molecular formula is C13H16Cl2FN. The number of hydrogen-bond donors (Lipinski definition) is 1. The van der Waals surface area contributed by atoms with Gasteiger partial charge in [0.05, 0.1) is 10.0 Å². The predicted octanol–water partition coefficient (Wildman–Crippen LogP) is 4.71. The smallest absolute Gasteiger partial charge is 0.129 e. The molecule has 1 nitrogen and oxygen atoms in total. The first-order chi connectivity index (χ1) is 8.11. The Balaban J connectivity index is 2.29. The van der Waals surface area contributed by atoms with Gasteiger partial charge in [-0.2, -0.15) is 0 Å². The van der Waals surface area contributed by atoms with E-state index in [9.17, 15) is 4.39 Å². The van der Waals surface area contributed by atoms with Gasteiger partial charge in [0.25, 0.3) is 0 Å². The third kappa shape index (κ3) is 2.75. The van der Waals surface area contributed by atoms with Crippen molar-refractivity contribution in [3.05, 3.63) is 33.6 Å². The molecule has 0 aromatic heterocycles. The van der Waals surface area contributed by atoms with Gasteiger partial charge in [0.2, 0.25) is 0 Å². The second-order valence-electron chi connectivity index (χ2n) is 4.68. The molecule has 1 atom stereocenters. The molecule has 2 rings (SSSR count). The standard InChI is InChI=1S/C13H16Cl2FN/c14-9-6-7-10(16)11(12(9)15)13(17)8-4-2-1-3-5-8/h6-8,13H,1-5,17H2/t13-/m1/s1. The molecule has 0 amide bonds. The largest absolute Gasteiger partial charge is 0.324 e. The van der Waals surface area contributed by atoms with Gasteiger partial charge in [0.15, 0.2) is 0 Å². The normalized spacial score (nSPS) is 19.3. The number of halogens is 3. The molecule has 0 aliphatic heterocycles. The quantitative estimate of drug-likeness (QED) is 0.777. The molecule has 1 aromatic carbocycles. The van der Waals surface area contributed by atoms with Crippen LogP contribution in [0, 0.1) is 11.7 Å². The number of nitrogens with two attached hydrogens (primary N) is 1. The Morgan fingerprint density at radius 3 is 2.47 bits per heavy atom. The minimum atomic E-state index is -0.350. The van der Waals surface area contributed by atoms with Crippen LogP contribution in [0.15, 0.2) is 12.1 Å². The summed E-state index contributed by atoms with van der Waals surface area (Å²) in [7, 11) is 0. The van der Waals surface area contributed by atoms with Crippen LogP contribution in [0.1, 0.15) is 43.7 Å². The zero-order valence-electron chi connectivity index (χ0n) is 9.56. The van der Waals surface area contributed by atoms with Crippen molar-refractivity contribution >= 4 is 23.2 Å². The molecule has 1 aliphatic rings. The van der Waals surface area contributed by atoms with Gasteiger partial charge in [-0.15, -0.1) is 0 Å². The summed E-state index contributed by atoms with van der Waals surface area (Å²) in [5.41, 5.74) is 6.54. The molecule has 0 unspecified atom stereocenters. The minimum absolute atomic E-state index is 0.268. The van der Waals surface area contributed by atoms with Crippen LogP contribution in [0.4, 0.5) is 4.39 Å². The van der Waals surface area contributed by atoms with E-state index in [0.29, 0.717) is 16.5 Å². The Morgan fingerprint density at radius 1 is 1.18 bits per heavy atom. The Hall–Kier alpha value is -0.310. The van der Waals surface area contributed by atoms with Gasteiger partial charge in [0, 0.05) is 11.6 Å². The van der Waals surface area contributed by atoms with Crippen molar-refractivity contribution in [2.24, 2.45) is 11.7 Å². The second kappa shape index (κ2) is 5.55. The van der Waals surface area contributed by atoms with Crippen molar-refractivity contribution in [3.63, 3.8) is 0 Å². The highest BCUT2D eigenvalue weighted by Gasteiger charge is 2.26. The van der Waals surface area contributed by atoms with Crippen LogP contribution >= 0.6 is 23.2 Å². The van der Waals surface area contributed by atoms with E-state index in [0.717, 1.165) is 25.7 Å². The topological polar surface area (TPSA) is 26.0 Å². The molecule has 94 valence electrons. The maximum absolute atomic E-state index is 13.8. The highest BCUT2D eigenvalue weighted by Crippen LogP contribution is 2.38. The van der Waals surface area contributed by atoms with Crippen molar-refractivity contribution in [3.8, 4) is 0 Å². The Morgan fingerprint density at radius 2 is 1.82 bits per heavy atom. The average Bonchev–Trinajstić information content (AvgIpc) is 2.35. The summed E-state index contributed by atoms with van der Waals surface area (Å²) < 4.78 is 13.8. The van der Waals surface area contributed by atoms with E-state index in [4.69, 9.17) is 28.9 Å². The van der Waals surface area contributed by atoms with Crippen LogP contribution < -0.4 is 5.73 Å². The number of benzene rings is 1. The van der Waals surface area contributed by atoms with Gasteiger partial charge in [-0.1, -0.05) is 42.5 Å². The van der Waals surface area contributed by atoms with E-state index in [1.165, 1.54) is 18.6 Å². The molecule has 1 saturated carbocycles. The molecule has 0 bridgehead atoms. The molecule has 4 heteroatoms. The van der Waals surface area contributed by atoms with Gasteiger partial charge in [-0.25, -0.2) is 4.39 Å². The summed E-state index contributed by atoms with van der Waals surface area (Å²) in [4.78, 5) is 0. The van der Waals surface area contributed by atoms with Gasteiger partial charge in [0.1, 0.15) is 5.82 Å². The molecule has 1 aliphatic carbocycles. The van der Waals surface area contributed by atoms with Crippen molar-refractivity contribution in [2.45, 2.75) is 38.1 Å². The summed E-state index contributed by atoms with van der Waals surface area (Å²) in [5, 5.41) is 0.638. The van der Waals surface area contributed by atoms with Crippen LogP contribution in [0.25, 0.3) is 0 Å². The summed E-state index contributed by atoms with van der Waals surface area (Å²) in [6, 6.07) is 2.46. The summed E-state index contributed by atoms with van der Waals surface area (Å²) in [5.74, 6) is -0.0355. The average molecular weight is 276 g/mol.